The molecule has 0 unspecified atom stereocenters. The molecule has 0 atom stereocenters. The Morgan fingerprint density at radius 3 is 2.83 bits per heavy atom. The number of carboxylic acid groups (broad SMARTS) is 1. The van der Waals surface area contributed by atoms with Crippen LogP contribution < -0.4 is 10.6 Å². The van der Waals surface area contributed by atoms with Crippen molar-refractivity contribution in [2.24, 2.45) is 0 Å². The van der Waals surface area contributed by atoms with Crippen molar-refractivity contribution in [1.82, 2.24) is 5.32 Å². The zero-order chi connectivity index (χ0) is 13.4. The Balaban J connectivity index is 2.20. The number of nitrogens with one attached hydrogen (secondary N) is 2. The van der Waals surface area contributed by atoms with Crippen LogP contribution in [0.3, 0.4) is 0 Å². The van der Waals surface area contributed by atoms with E-state index in [2.05, 4.69) is 10.6 Å². The van der Waals surface area contributed by atoms with Gasteiger partial charge >= 0.3 is 12.0 Å². The summed E-state index contributed by atoms with van der Waals surface area (Å²) in [6.45, 7) is -0.0213. The van der Waals surface area contributed by atoms with Crippen LogP contribution in [-0.4, -0.2) is 36.9 Å². The third kappa shape index (κ3) is 6.07. The van der Waals surface area contributed by atoms with Gasteiger partial charge in [0.25, 0.3) is 0 Å². The van der Waals surface area contributed by atoms with Gasteiger partial charge in [-0.2, -0.15) is 0 Å². The zero-order valence-corrected chi connectivity index (χ0v) is 10.2. The highest BCUT2D eigenvalue weighted by Crippen LogP contribution is 2.14. The molecule has 0 saturated carbocycles. The normalized spacial score (nSPS) is 9.83. The van der Waals surface area contributed by atoms with Crippen molar-refractivity contribution in [2.75, 3.05) is 25.1 Å². The van der Waals surface area contributed by atoms with Crippen LogP contribution in [0.2, 0.25) is 5.02 Å². The molecule has 0 aliphatic carbocycles. The lowest BCUT2D eigenvalue weighted by Crippen LogP contribution is -2.31. The van der Waals surface area contributed by atoms with Crippen molar-refractivity contribution in [3.05, 3.63) is 29.3 Å². The van der Waals surface area contributed by atoms with Gasteiger partial charge in [0.1, 0.15) is 6.61 Å². The summed E-state index contributed by atoms with van der Waals surface area (Å²) in [5.74, 6) is -1.04. The number of aliphatic carboxylic acids is 1. The minimum Gasteiger partial charge on any atom is -0.480 e. The Kier molecular flexibility index (Phi) is 5.96. The first kappa shape index (κ1) is 14.3. The van der Waals surface area contributed by atoms with E-state index in [1.807, 2.05) is 0 Å². The topological polar surface area (TPSA) is 87.7 Å². The molecule has 3 N–H and O–H groups in total. The van der Waals surface area contributed by atoms with Crippen molar-refractivity contribution in [3.8, 4) is 0 Å². The summed E-state index contributed by atoms with van der Waals surface area (Å²) in [4.78, 5) is 21.5. The van der Waals surface area contributed by atoms with Crippen molar-refractivity contribution in [1.29, 1.82) is 0 Å². The van der Waals surface area contributed by atoms with Crippen molar-refractivity contribution in [2.45, 2.75) is 0 Å². The molecule has 0 bridgehead atoms. The number of halogens is 1. The van der Waals surface area contributed by atoms with E-state index in [0.717, 1.165) is 0 Å². The number of carboxylic acids is 1. The smallest absolute Gasteiger partial charge is 0.329 e. The Hall–Kier alpha value is -1.79. The van der Waals surface area contributed by atoms with Gasteiger partial charge in [0.15, 0.2) is 0 Å². The van der Waals surface area contributed by atoms with Crippen LogP contribution in [0, 0.1) is 0 Å². The Labute approximate surface area is 109 Å². The highest BCUT2D eigenvalue weighted by atomic mass is 35.5. The molecule has 7 heteroatoms. The number of hydrogen-bond acceptors (Lipinski definition) is 3. The third-order valence-electron chi connectivity index (χ3n) is 1.84. The quantitative estimate of drug-likeness (QED) is 0.686. The van der Waals surface area contributed by atoms with Crippen molar-refractivity contribution < 1.29 is 19.4 Å². The molecular weight excluding hydrogens is 260 g/mol. The molecule has 0 radical (unpaired) electrons. The van der Waals surface area contributed by atoms with Crippen molar-refractivity contribution >= 4 is 29.3 Å². The maximum atomic E-state index is 11.4. The molecule has 1 aromatic rings. The van der Waals surface area contributed by atoms with E-state index in [9.17, 15) is 9.59 Å². The van der Waals surface area contributed by atoms with Gasteiger partial charge in [0, 0.05) is 17.3 Å². The number of carbonyl (C=O) groups is 2. The maximum absolute atomic E-state index is 11.4. The zero-order valence-electron chi connectivity index (χ0n) is 9.48. The predicted octanol–water partition coefficient (Wildman–Crippen LogP) is 1.56. The van der Waals surface area contributed by atoms with Gasteiger partial charge in [0.05, 0.1) is 6.61 Å². The summed E-state index contributed by atoms with van der Waals surface area (Å²) < 4.78 is 4.75. The fourth-order valence-corrected chi connectivity index (χ4v) is 1.33. The number of rotatable bonds is 6. The second-order valence-corrected chi connectivity index (χ2v) is 3.77. The van der Waals surface area contributed by atoms with Crippen LogP contribution in [0.15, 0.2) is 24.3 Å². The van der Waals surface area contributed by atoms with E-state index >= 15 is 0 Å². The van der Waals surface area contributed by atoms with E-state index < -0.39 is 12.0 Å². The second kappa shape index (κ2) is 7.52. The summed E-state index contributed by atoms with van der Waals surface area (Å²) >= 11 is 5.76. The fourth-order valence-electron chi connectivity index (χ4n) is 1.14. The molecule has 6 nitrogen and oxygen atoms in total. The second-order valence-electron chi connectivity index (χ2n) is 3.34. The molecule has 0 spiro atoms. The number of carbonyl (C=O) groups excluding carboxylic acids is 1. The van der Waals surface area contributed by atoms with Crippen LogP contribution in [0.4, 0.5) is 10.5 Å². The van der Waals surface area contributed by atoms with Gasteiger partial charge in [-0.15, -0.1) is 0 Å². The Morgan fingerprint density at radius 2 is 2.17 bits per heavy atom. The molecule has 0 aliphatic heterocycles. The van der Waals surface area contributed by atoms with Gasteiger partial charge in [-0.05, 0) is 18.2 Å². The van der Waals surface area contributed by atoms with E-state index in [-0.39, 0.29) is 19.8 Å². The molecule has 1 aromatic carbocycles. The number of ether oxygens (including phenoxy) is 1. The average Bonchev–Trinajstić information content (AvgIpc) is 2.28. The summed E-state index contributed by atoms with van der Waals surface area (Å²) in [6, 6.07) is 6.32. The lowest BCUT2D eigenvalue weighted by atomic mass is 10.3. The molecule has 0 heterocycles. The van der Waals surface area contributed by atoms with Crippen LogP contribution in [0.5, 0.6) is 0 Å². The highest BCUT2D eigenvalue weighted by Gasteiger charge is 2.01. The lowest BCUT2D eigenvalue weighted by molar-refractivity contribution is -0.142. The highest BCUT2D eigenvalue weighted by molar-refractivity contribution is 6.30. The van der Waals surface area contributed by atoms with Crippen LogP contribution in [0.1, 0.15) is 0 Å². The number of hydrogen-bond donors (Lipinski definition) is 3. The summed E-state index contributed by atoms with van der Waals surface area (Å²) in [5.41, 5.74) is 0.575. The van der Waals surface area contributed by atoms with Crippen LogP contribution in [0.25, 0.3) is 0 Å². The SMILES string of the molecule is O=C(O)COCCNC(=O)Nc1cccc(Cl)c1. The molecule has 1 rings (SSSR count). The van der Waals surface area contributed by atoms with Gasteiger partial charge in [-0.3, -0.25) is 0 Å². The molecule has 98 valence electrons. The summed E-state index contributed by atoms with van der Waals surface area (Å²) in [7, 11) is 0. The molecule has 0 saturated heterocycles. The average molecular weight is 273 g/mol. The number of amides is 2. The largest absolute Gasteiger partial charge is 0.480 e. The monoisotopic (exact) mass is 272 g/mol. The van der Waals surface area contributed by atoms with Crippen LogP contribution >= 0.6 is 11.6 Å². The molecular formula is C11H13ClN2O4. The van der Waals surface area contributed by atoms with E-state index in [1.54, 1.807) is 24.3 Å². The maximum Gasteiger partial charge on any atom is 0.329 e. The number of urea groups is 1. The van der Waals surface area contributed by atoms with Gasteiger partial charge < -0.3 is 20.5 Å². The molecule has 2 amide bonds. The molecule has 0 aromatic heterocycles. The minimum atomic E-state index is -1.04. The summed E-state index contributed by atoms with van der Waals surface area (Å²) in [5, 5.41) is 13.9. The fraction of sp³-hybridized carbons (Fsp3) is 0.273. The van der Waals surface area contributed by atoms with Gasteiger partial charge in [-0.25, -0.2) is 9.59 Å². The summed E-state index contributed by atoms with van der Waals surface area (Å²) in [6.07, 6.45) is 0. The van der Waals surface area contributed by atoms with Crippen molar-refractivity contribution in [3.63, 3.8) is 0 Å². The third-order valence-corrected chi connectivity index (χ3v) is 2.08. The predicted molar refractivity (Wildman–Crippen MR) is 66.9 cm³/mol. The van der Waals surface area contributed by atoms with E-state index in [0.29, 0.717) is 10.7 Å². The lowest BCUT2D eigenvalue weighted by Gasteiger charge is -2.07. The Morgan fingerprint density at radius 1 is 1.39 bits per heavy atom. The number of anilines is 1. The first-order valence-corrected chi connectivity index (χ1v) is 5.55. The molecule has 18 heavy (non-hydrogen) atoms. The van der Waals surface area contributed by atoms with Crippen LogP contribution in [-0.2, 0) is 9.53 Å². The Bertz CT molecular complexity index is 425. The van der Waals surface area contributed by atoms with E-state index in [4.69, 9.17) is 21.4 Å². The molecule has 0 aliphatic rings. The number of benzene rings is 1. The first-order chi connectivity index (χ1) is 8.58. The molecule has 0 fully saturated rings. The van der Waals surface area contributed by atoms with Gasteiger partial charge in [0.2, 0.25) is 0 Å². The van der Waals surface area contributed by atoms with E-state index in [1.165, 1.54) is 0 Å². The van der Waals surface area contributed by atoms with Gasteiger partial charge in [-0.1, -0.05) is 17.7 Å². The minimum absolute atomic E-state index is 0.134. The first-order valence-electron chi connectivity index (χ1n) is 5.18. The standard InChI is InChI=1S/C11H13ClN2O4/c12-8-2-1-3-9(6-8)14-11(17)13-4-5-18-7-10(15)16/h1-3,6H,4-5,7H2,(H,15,16)(H2,13,14,17).